The van der Waals surface area contributed by atoms with Crippen molar-refractivity contribution >= 4 is 5.69 Å². The van der Waals surface area contributed by atoms with Gasteiger partial charge in [0.2, 0.25) is 0 Å². The summed E-state index contributed by atoms with van der Waals surface area (Å²) in [5, 5.41) is 4.01. The summed E-state index contributed by atoms with van der Waals surface area (Å²) < 4.78 is 12.3. The SMILES string of the molecule is CCCOc1cnn(C)c(=O)c1N1CCOCC1. The Morgan fingerprint density at radius 1 is 1.44 bits per heavy atom. The first kappa shape index (κ1) is 12.9. The molecule has 0 radical (unpaired) electrons. The number of anilines is 1. The molecule has 2 heterocycles. The van der Waals surface area contributed by atoms with E-state index < -0.39 is 0 Å². The normalized spacial score (nSPS) is 15.8. The molecule has 0 aromatic carbocycles. The Morgan fingerprint density at radius 3 is 2.83 bits per heavy atom. The van der Waals surface area contributed by atoms with E-state index in [0.717, 1.165) is 6.42 Å². The van der Waals surface area contributed by atoms with Gasteiger partial charge in [-0.1, -0.05) is 6.92 Å². The molecule has 1 aliphatic rings. The Labute approximate surface area is 106 Å². The summed E-state index contributed by atoms with van der Waals surface area (Å²) in [5.74, 6) is 0.571. The predicted octanol–water partition coefficient (Wildman–Crippen LogP) is 0.406. The second-order valence-electron chi connectivity index (χ2n) is 4.23. The molecule has 100 valence electrons. The number of aryl methyl sites for hydroxylation is 1. The highest BCUT2D eigenvalue weighted by Crippen LogP contribution is 2.23. The summed E-state index contributed by atoms with van der Waals surface area (Å²) in [6.07, 6.45) is 2.51. The lowest BCUT2D eigenvalue weighted by Crippen LogP contribution is -2.40. The highest BCUT2D eigenvalue weighted by Gasteiger charge is 2.20. The zero-order chi connectivity index (χ0) is 13.0. The van der Waals surface area contributed by atoms with Gasteiger partial charge in [0, 0.05) is 20.1 Å². The van der Waals surface area contributed by atoms with E-state index in [1.54, 1.807) is 13.2 Å². The molecule has 0 atom stereocenters. The van der Waals surface area contributed by atoms with Gasteiger partial charge in [-0.2, -0.15) is 5.10 Å². The van der Waals surface area contributed by atoms with E-state index in [2.05, 4.69) is 5.10 Å². The predicted molar refractivity (Wildman–Crippen MR) is 68.3 cm³/mol. The second kappa shape index (κ2) is 5.86. The van der Waals surface area contributed by atoms with E-state index in [-0.39, 0.29) is 5.56 Å². The van der Waals surface area contributed by atoms with Gasteiger partial charge in [-0.05, 0) is 6.42 Å². The molecule has 1 aromatic rings. The molecule has 2 rings (SSSR count). The van der Waals surface area contributed by atoms with Crippen molar-refractivity contribution in [3.8, 4) is 5.75 Å². The van der Waals surface area contributed by atoms with Crippen LogP contribution in [0.1, 0.15) is 13.3 Å². The number of aromatic nitrogens is 2. The maximum absolute atomic E-state index is 12.2. The molecule has 0 amide bonds. The van der Waals surface area contributed by atoms with Crippen molar-refractivity contribution in [2.45, 2.75) is 13.3 Å². The first-order chi connectivity index (χ1) is 8.74. The lowest BCUT2D eigenvalue weighted by atomic mass is 10.3. The quantitative estimate of drug-likeness (QED) is 0.777. The fourth-order valence-corrected chi connectivity index (χ4v) is 1.91. The third-order valence-corrected chi connectivity index (χ3v) is 2.87. The fraction of sp³-hybridized carbons (Fsp3) is 0.667. The van der Waals surface area contributed by atoms with E-state index >= 15 is 0 Å². The van der Waals surface area contributed by atoms with Gasteiger partial charge in [0.05, 0.1) is 26.0 Å². The van der Waals surface area contributed by atoms with Crippen molar-refractivity contribution in [3.63, 3.8) is 0 Å². The largest absolute Gasteiger partial charge is 0.490 e. The van der Waals surface area contributed by atoms with E-state index in [9.17, 15) is 4.79 Å². The minimum absolute atomic E-state index is 0.120. The van der Waals surface area contributed by atoms with Gasteiger partial charge in [0.25, 0.3) is 5.56 Å². The Morgan fingerprint density at radius 2 is 2.17 bits per heavy atom. The number of rotatable bonds is 4. The molecule has 0 bridgehead atoms. The summed E-state index contributed by atoms with van der Waals surface area (Å²) in [6, 6.07) is 0. The van der Waals surface area contributed by atoms with E-state index in [1.165, 1.54) is 4.68 Å². The van der Waals surface area contributed by atoms with Crippen molar-refractivity contribution in [3.05, 3.63) is 16.6 Å². The molecule has 1 aromatic heterocycles. The Kier molecular flexibility index (Phi) is 4.19. The number of hydrogen-bond donors (Lipinski definition) is 0. The maximum Gasteiger partial charge on any atom is 0.293 e. The zero-order valence-corrected chi connectivity index (χ0v) is 10.9. The number of ether oxygens (including phenoxy) is 2. The zero-order valence-electron chi connectivity index (χ0n) is 10.9. The van der Waals surface area contributed by atoms with Crippen LogP contribution in [0.25, 0.3) is 0 Å². The standard InChI is InChI=1S/C12H19N3O3/c1-3-6-18-10-9-13-14(2)12(16)11(10)15-4-7-17-8-5-15/h9H,3-8H2,1-2H3. The molecule has 1 fully saturated rings. The molecule has 0 N–H and O–H groups in total. The number of nitrogens with zero attached hydrogens (tertiary/aromatic N) is 3. The maximum atomic E-state index is 12.2. The van der Waals surface area contributed by atoms with Gasteiger partial charge in [0.1, 0.15) is 5.69 Å². The van der Waals surface area contributed by atoms with Crippen molar-refractivity contribution in [2.75, 3.05) is 37.8 Å². The van der Waals surface area contributed by atoms with Crippen molar-refractivity contribution in [1.82, 2.24) is 9.78 Å². The fourth-order valence-electron chi connectivity index (χ4n) is 1.91. The Hall–Kier alpha value is -1.56. The molecule has 1 aliphatic heterocycles. The van der Waals surface area contributed by atoms with E-state index in [1.807, 2.05) is 11.8 Å². The lowest BCUT2D eigenvalue weighted by molar-refractivity contribution is 0.122. The summed E-state index contributed by atoms with van der Waals surface area (Å²) in [6.45, 7) is 5.32. The average molecular weight is 253 g/mol. The Balaban J connectivity index is 2.34. The molecular formula is C12H19N3O3. The summed E-state index contributed by atoms with van der Waals surface area (Å²) >= 11 is 0. The molecule has 18 heavy (non-hydrogen) atoms. The van der Waals surface area contributed by atoms with Crippen LogP contribution in [0, 0.1) is 0 Å². The first-order valence-corrected chi connectivity index (χ1v) is 6.26. The second-order valence-corrected chi connectivity index (χ2v) is 4.23. The van der Waals surface area contributed by atoms with Crippen LogP contribution in [0.4, 0.5) is 5.69 Å². The van der Waals surface area contributed by atoms with Crippen LogP contribution in [0.3, 0.4) is 0 Å². The molecule has 6 heteroatoms. The number of hydrogen-bond acceptors (Lipinski definition) is 5. The van der Waals surface area contributed by atoms with Gasteiger partial charge < -0.3 is 14.4 Å². The third kappa shape index (κ3) is 2.64. The first-order valence-electron chi connectivity index (χ1n) is 6.26. The van der Waals surface area contributed by atoms with Crippen molar-refractivity contribution in [1.29, 1.82) is 0 Å². The topological polar surface area (TPSA) is 56.6 Å². The average Bonchev–Trinajstić information content (AvgIpc) is 2.41. The van der Waals surface area contributed by atoms with Crippen LogP contribution in [0.5, 0.6) is 5.75 Å². The molecule has 0 spiro atoms. The van der Waals surface area contributed by atoms with Gasteiger partial charge >= 0.3 is 0 Å². The monoisotopic (exact) mass is 253 g/mol. The molecule has 0 saturated carbocycles. The molecule has 1 saturated heterocycles. The van der Waals surface area contributed by atoms with Crippen molar-refractivity contribution < 1.29 is 9.47 Å². The van der Waals surface area contributed by atoms with Crippen LogP contribution >= 0.6 is 0 Å². The molecule has 6 nitrogen and oxygen atoms in total. The third-order valence-electron chi connectivity index (χ3n) is 2.87. The van der Waals surface area contributed by atoms with Crippen LogP contribution in [0.15, 0.2) is 11.0 Å². The minimum atomic E-state index is -0.120. The van der Waals surface area contributed by atoms with Crippen LogP contribution in [-0.2, 0) is 11.8 Å². The highest BCUT2D eigenvalue weighted by atomic mass is 16.5. The van der Waals surface area contributed by atoms with E-state index in [0.29, 0.717) is 44.3 Å². The summed E-state index contributed by atoms with van der Waals surface area (Å²) in [4.78, 5) is 14.2. The van der Waals surface area contributed by atoms with Gasteiger partial charge in [-0.25, -0.2) is 4.68 Å². The lowest BCUT2D eigenvalue weighted by Gasteiger charge is -2.29. The molecule has 0 aliphatic carbocycles. The molecule has 0 unspecified atom stereocenters. The highest BCUT2D eigenvalue weighted by molar-refractivity contribution is 5.56. The van der Waals surface area contributed by atoms with Gasteiger partial charge in [-0.15, -0.1) is 0 Å². The van der Waals surface area contributed by atoms with Crippen LogP contribution in [-0.4, -0.2) is 42.7 Å². The summed E-state index contributed by atoms with van der Waals surface area (Å²) in [7, 11) is 1.65. The van der Waals surface area contributed by atoms with Crippen molar-refractivity contribution in [2.24, 2.45) is 7.05 Å². The van der Waals surface area contributed by atoms with Crippen LogP contribution < -0.4 is 15.2 Å². The van der Waals surface area contributed by atoms with E-state index in [4.69, 9.17) is 9.47 Å². The minimum Gasteiger partial charge on any atom is -0.490 e. The Bertz CT molecular complexity index is 452. The number of morpholine rings is 1. The molecular weight excluding hydrogens is 234 g/mol. The van der Waals surface area contributed by atoms with Crippen LogP contribution in [0.2, 0.25) is 0 Å². The van der Waals surface area contributed by atoms with Gasteiger partial charge in [-0.3, -0.25) is 4.79 Å². The van der Waals surface area contributed by atoms with Gasteiger partial charge in [0.15, 0.2) is 5.75 Å². The smallest absolute Gasteiger partial charge is 0.293 e. The summed E-state index contributed by atoms with van der Waals surface area (Å²) in [5.41, 5.74) is 0.481.